The van der Waals surface area contributed by atoms with Crippen molar-refractivity contribution in [3.63, 3.8) is 0 Å². The third kappa shape index (κ3) is 3.90. The Morgan fingerprint density at radius 2 is 2.20 bits per heavy atom. The molecule has 1 aromatic carbocycles. The number of nitro groups is 1. The average Bonchev–Trinajstić information content (AvgIpc) is 2.43. The Balaban J connectivity index is 2.87. The third-order valence-corrected chi connectivity index (χ3v) is 2.61. The predicted octanol–water partition coefficient (Wildman–Crippen LogP) is 0.0765. The van der Waals surface area contributed by atoms with Crippen LogP contribution in [0.25, 0.3) is 0 Å². The Kier molecular flexibility index (Phi) is 5.00. The normalized spacial score (nSPS) is 13.4. The molecule has 1 rings (SSSR count). The van der Waals surface area contributed by atoms with E-state index in [9.17, 15) is 20.0 Å². The Morgan fingerprint density at radius 3 is 2.70 bits per heavy atom. The summed E-state index contributed by atoms with van der Waals surface area (Å²) in [4.78, 5) is 21.9. The summed E-state index contributed by atoms with van der Waals surface area (Å²) >= 11 is 0. The quantitative estimate of drug-likeness (QED) is 0.502. The molecule has 0 spiro atoms. The van der Waals surface area contributed by atoms with Crippen molar-refractivity contribution in [3.8, 4) is 5.75 Å². The zero-order valence-corrected chi connectivity index (χ0v) is 11.1. The largest absolute Gasteiger partial charge is 0.490 e. The van der Waals surface area contributed by atoms with Crippen LogP contribution in [-0.4, -0.2) is 46.9 Å². The van der Waals surface area contributed by atoms with Crippen LogP contribution in [0.4, 0.5) is 5.69 Å². The highest BCUT2D eigenvalue weighted by Gasteiger charge is 2.21. The Hall–Kier alpha value is -2.19. The second-order valence-electron chi connectivity index (χ2n) is 4.48. The number of carbonyl (C=O) groups is 1. The van der Waals surface area contributed by atoms with Crippen molar-refractivity contribution in [3.05, 3.63) is 33.9 Å². The molecule has 20 heavy (non-hydrogen) atoms. The van der Waals surface area contributed by atoms with Crippen molar-refractivity contribution in [2.24, 2.45) is 0 Å². The molecule has 0 saturated heterocycles. The predicted molar refractivity (Wildman–Crippen MR) is 69.7 cm³/mol. The van der Waals surface area contributed by atoms with E-state index in [-0.39, 0.29) is 23.5 Å². The fraction of sp³-hybridized carbons (Fsp3) is 0.417. The van der Waals surface area contributed by atoms with Crippen LogP contribution in [0.3, 0.4) is 0 Å². The number of benzene rings is 1. The van der Waals surface area contributed by atoms with Gasteiger partial charge in [0.05, 0.1) is 18.6 Å². The highest BCUT2D eigenvalue weighted by Crippen LogP contribution is 2.27. The Morgan fingerprint density at radius 1 is 1.55 bits per heavy atom. The zero-order valence-electron chi connectivity index (χ0n) is 11.1. The number of carbonyl (C=O) groups excluding carboxylic acids is 1. The molecule has 1 amide bonds. The molecule has 0 aliphatic heterocycles. The minimum Gasteiger partial charge on any atom is -0.490 e. The Labute approximate surface area is 115 Å². The van der Waals surface area contributed by atoms with Gasteiger partial charge in [0, 0.05) is 24.2 Å². The van der Waals surface area contributed by atoms with Crippen LogP contribution in [-0.2, 0) is 0 Å². The van der Waals surface area contributed by atoms with E-state index < -0.39 is 23.0 Å². The van der Waals surface area contributed by atoms with Gasteiger partial charge in [-0.25, -0.2) is 0 Å². The number of nitro benzene ring substituents is 1. The number of methoxy groups -OCH3 is 1. The van der Waals surface area contributed by atoms with E-state index in [0.29, 0.717) is 0 Å². The van der Waals surface area contributed by atoms with E-state index in [1.165, 1.54) is 26.2 Å². The van der Waals surface area contributed by atoms with Crippen molar-refractivity contribution in [1.29, 1.82) is 0 Å². The molecular formula is C12H16N2O6. The van der Waals surface area contributed by atoms with Crippen molar-refractivity contribution in [2.45, 2.75) is 12.5 Å². The molecule has 0 aliphatic rings. The second-order valence-corrected chi connectivity index (χ2v) is 4.48. The van der Waals surface area contributed by atoms with Crippen LogP contribution in [0.2, 0.25) is 0 Å². The number of rotatable bonds is 6. The number of hydrogen-bond acceptors (Lipinski definition) is 6. The summed E-state index contributed by atoms with van der Waals surface area (Å²) in [5.41, 5.74) is -1.52. The van der Waals surface area contributed by atoms with Gasteiger partial charge in [-0.1, -0.05) is 0 Å². The van der Waals surface area contributed by atoms with Crippen LogP contribution < -0.4 is 10.1 Å². The third-order valence-electron chi connectivity index (χ3n) is 2.61. The number of nitrogens with one attached hydrogen (secondary N) is 1. The number of ether oxygens (including phenoxy) is 1. The highest BCUT2D eigenvalue weighted by atomic mass is 16.6. The first-order valence-electron chi connectivity index (χ1n) is 5.74. The van der Waals surface area contributed by atoms with Gasteiger partial charge in [-0.2, -0.15) is 0 Å². The molecule has 0 bridgehead atoms. The SMILES string of the molecule is COc1cc(C(=O)NCC(C)(O)CO)ccc1[N+](=O)[O-]. The maximum Gasteiger partial charge on any atom is 0.310 e. The lowest BCUT2D eigenvalue weighted by molar-refractivity contribution is -0.385. The molecule has 1 unspecified atom stereocenters. The van der Waals surface area contributed by atoms with Gasteiger partial charge in [-0.15, -0.1) is 0 Å². The van der Waals surface area contributed by atoms with Crippen molar-refractivity contribution in [2.75, 3.05) is 20.3 Å². The van der Waals surface area contributed by atoms with Crippen molar-refractivity contribution in [1.82, 2.24) is 5.32 Å². The molecule has 0 radical (unpaired) electrons. The summed E-state index contributed by atoms with van der Waals surface area (Å²) in [6.45, 7) is 0.711. The maximum atomic E-state index is 11.8. The van der Waals surface area contributed by atoms with Gasteiger partial charge in [-0.05, 0) is 13.0 Å². The van der Waals surface area contributed by atoms with Crippen LogP contribution >= 0.6 is 0 Å². The maximum absolute atomic E-state index is 11.8. The van der Waals surface area contributed by atoms with Gasteiger partial charge in [0.2, 0.25) is 0 Å². The molecule has 110 valence electrons. The summed E-state index contributed by atoms with van der Waals surface area (Å²) in [6.07, 6.45) is 0. The van der Waals surface area contributed by atoms with E-state index in [0.717, 1.165) is 6.07 Å². The molecule has 0 fully saturated rings. The first-order valence-corrected chi connectivity index (χ1v) is 5.74. The van der Waals surface area contributed by atoms with Gasteiger partial charge in [-0.3, -0.25) is 14.9 Å². The smallest absolute Gasteiger partial charge is 0.310 e. The molecular weight excluding hydrogens is 268 g/mol. The van der Waals surface area contributed by atoms with Gasteiger partial charge < -0.3 is 20.3 Å². The molecule has 8 nitrogen and oxygen atoms in total. The lowest BCUT2D eigenvalue weighted by Crippen LogP contribution is -2.43. The molecule has 1 aromatic rings. The van der Waals surface area contributed by atoms with E-state index in [1.54, 1.807) is 0 Å². The monoisotopic (exact) mass is 284 g/mol. The van der Waals surface area contributed by atoms with Crippen LogP contribution in [0, 0.1) is 10.1 Å². The van der Waals surface area contributed by atoms with Crippen LogP contribution in [0.5, 0.6) is 5.75 Å². The molecule has 0 aromatic heterocycles. The fourth-order valence-corrected chi connectivity index (χ4v) is 1.40. The number of nitrogens with zero attached hydrogens (tertiary/aromatic N) is 1. The van der Waals surface area contributed by atoms with E-state index in [1.807, 2.05) is 0 Å². The molecule has 1 atom stereocenters. The van der Waals surface area contributed by atoms with E-state index in [4.69, 9.17) is 9.84 Å². The van der Waals surface area contributed by atoms with Crippen LogP contribution in [0.1, 0.15) is 17.3 Å². The van der Waals surface area contributed by atoms with E-state index >= 15 is 0 Å². The molecule has 8 heteroatoms. The van der Waals surface area contributed by atoms with Gasteiger partial charge >= 0.3 is 5.69 Å². The lowest BCUT2D eigenvalue weighted by Gasteiger charge is -2.20. The van der Waals surface area contributed by atoms with Crippen molar-refractivity contribution >= 4 is 11.6 Å². The van der Waals surface area contributed by atoms with Gasteiger partial charge in [0.15, 0.2) is 5.75 Å². The molecule has 0 heterocycles. The van der Waals surface area contributed by atoms with Gasteiger partial charge in [0.25, 0.3) is 5.91 Å². The summed E-state index contributed by atoms with van der Waals surface area (Å²) < 4.78 is 4.85. The summed E-state index contributed by atoms with van der Waals surface area (Å²) in [5, 5.41) is 31.6. The number of aliphatic hydroxyl groups excluding tert-OH is 1. The first-order chi connectivity index (χ1) is 9.30. The highest BCUT2D eigenvalue weighted by molar-refractivity contribution is 5.95. The summed E-state index contributed by atoms with van der Waals surface area (Å²) in [6, 6.07) is 3.68. The Bertz CT molecular complexity index is 515. The van der Waals surface area contributed by atoms with Crippen molar-refractivity contribution < 1.29 is 24.7 Å². The summed E-state index contributed by atoms with van der Waals surface area (Å²) in [5.74, 6) is -0.566. The van der Waals surface area contributed by atoms with Gasteiger partial charge in [0.1, 0.15) is 5.60 Å². The molecule has 3 N–H and O–H groups in total. The number of hydrogen-bond donors (Lipinski definition) is 3. The molecule has 0 saturated carbocycles. The standard InChI is InChI=1S/C12H16N2O6/c1-12(17,7-15)6-13-11(16)8-3-4-9(14(18)19)10(5-8)20-2/h3-5,15,17H,6-7H2,1-2H3,(H,13,16). The fourth-order valence-electron chi connectivity index (χ4n) is 1.40. The second kappa shape index (κ2) is 6.31. The van der Waals surface area contributed by atoms with Crippen LogP contribution in [0.15, 0.2) is 18.2 Å². The minimum absolute atomic E-state index is 0.0310. The number of aliphatic hydroxyl groups is 2. The first kappa shape index (κ1) is 15.9. The number of amides is 1. The topological polar surface area (TPSA) is 122 Å². The van der Waals surface area contributed by atoms with E-state index in [2.05, 4.69) is 5.32 Å². The summed E-state index contributed by atoms with van der Waals surface area (Å²) in [7, 11) is 1.26. The lowest BCUT2D eigenvalue weighted by atomic mass is 10.1. The molecule has 0 aliphatic carbocycles. The minimum atomic E-state index is -1.43. The average molecular weight is 284 g/mol. The zero-order chi connectivity index (χ0) is 15.3.